The summed E-state index contributed by atoms with van der Waals surface area (Å²) in [6, 6.07) is 0. The van der Waals surface area contributed by atoms with Crippen molar-refractivity contribution in [2.45, 2.75) is 220 Å². The first-order valence-corrected chi connectivity index (χ1v) is 27.6. The molecule has 0 heterocycles. The fraction of sp³-hybridized carbons (Fsp3) is 0.905. The second-order valence-corrected chi connectivity index (χ2v) is 24.1. The summed E-state index contributed by atoms with van der Waals surface area (Å²) in [5, 5.41) is 3.06. The molecule has 0 rings (SSSR count). The molecule has 48 heavy (non-hydrogen) atoms. The van der Waals surface area contributed by atoms with Crippen molar-refractivity contribution in [3.63, 3.8) is 0 Å². The predicted molar refractivity (Wildman–Crippen MR) is 242 cm³/mol. The highest BCUT2D eigenvalue weighted by Crippen LogP contribution is 2.50. The Labute approximate surface area is 327 Å². The fourth-order valence-electron chi connectivity index (χ4n) is 6.56. The molecule has 0 aliphatic rings. The Morgan fingerprint density at radius 3 is 1.25 bits per heavy atom. The van der Waals surface area contributed by atoms with Crippen molar-refractivity contribution in [1.29, 1.82) is 0 Å². The molecule has 286 valence electrons. The van der Waals surface area contributed by atoms with E-state index in [1.807, 2.05) is 0 Å². The van der Waals surface area contributed by atoms with Crippen molar-refractivity contribution in [3.8, 4) is 0 Å². The Bertz CT molecular complexity index is 782. The van der Waals surface area contributed by atoms with Crippen LogP contribution in [0.5, 0.6) is 0 Å². The van der Waals surface area contributed by atoms with Gasteiger partial charge in [-0.25, -0.2) is 0 Å². The first kappa shape index (κ1) is 49.6. The average molecular weight is 780 g/mol. The number of unbranched alkanes of at least 4 members (excludes halogenated alkanes) is 1. The molecule has 0 amide bonds. The summed E-state index contributed by atoms with van der Waals surface area (Å²) < 4.78 is 0. The van der Waals surface area contributed by atoms with Crippen LogP contribution in [0.25, 0.3) is 0 Å². The molecule has 0 aliphatic heterocycles. The maximum absolute atomic E-state index is 2.57. The molecule has 8 atom stereocenters. The van der Waals surface area contributed by atoms with Crippen LogP contribution in [0.4, 0.5) is 0 Å². The van der Waals surface area contributed by atoms with Gasteiger partial charge in [-0.3, -0.25) is 0 Å². The Balaban J connectivity index is 5.18. The van der Waals surface area contributed by atoms with Crippen LogP contribution in [-0.2, 0) is 0 Å². The van der Waals surface area contributed by atoms with Gasteiger partial charge in [0.25, 0.3) is 0 Å². The molecule has 0 saturated heterocycles. The highest BCUT2D eigenvalue weighted by Gasteiger charge is 2.25. The monoisotopic (exact) mass is 778 g/mol. The maximum Gasteiger partial charge on any atom is 0.0188 e. The molecule has 0 fully saturated rings. The van der Waals surface area contributed by atoms with E-state index in [0.29, 0.717) is 0 Å². The third-order valence-corrected chi connectivity index (χ3v) is 20.9. The molecule has 6 heteroatoms. The molecule has 0 aliphatic carbocycles. The molecule has 0 saturated carbocycles. The predicted octanol–water partition coefficient (Wildman–Crippen LogP) is 18.1. The zero-order chi connectivity index (χ0) is 36.2. The third-order valence-electron chi connectivity index (χ3n) is 10.1. The van der Waals surface area contributed by atoms with Crippen LogP contribution in [0.15, 0.2) is 23.3 Å². The fourth-order valence-corrected chi connectivity index (χ4v) is 18.8. The van der Waals surface area contributed by atoms with Crippen molar-refractivity contribution < 1.29 is 0 Å². The summed E-state index contributed by atoms with van der Waals surface area (Å²) in [7, 11) is 13.2. The Kier molecular flexibility index (Phi) is 34.3. The zero-order valence-corrected chi connectivity index (χ0v) is 38.8. The summed E-state index contributed by atoms with van der Waals surface area (Å²) >= 11 is 0. The van der Waals surface area contributed by atoms with Gasteiger partial charge in [0, 0.05) is 21.0 Å². The minimum absolute atomic E-state index is 0.759. The van der Waals surface area contributed by atoms with E-state index in [1.54, 1.807) is 11.1 Å². The van der Waals surface area contributed by atoms with E-state index in [0.717, 1.165) is 44.7 Å². The average Bonchev–Trinajstić information content (AvgIpc) is 3.05. The van der Waals surface area contributed by atoms with E-state index in [1.165, 1.54) is 116 Å². The van der Waals surface area contributed by atoms with E-state index in [-0.39, 0.29) is 0 Å². The second kappa shape index (κ2) is 33.2. The number of rotatable bonds is 33. The standard InChI is InChI=1S/C42H82S6/c1-13-19-26-34(8)29-31-41(35(9)22-15-3)45-48-46-42(36(10)23-16-4)32-30-38(12)40(25-18-6)44-47-43-39(24-17-5)37(11)28-20-27-33(7)21-14-2/h26-27,35-42H,13-25,28-32H2,1-12H3/b33-27-,34-26-. The van der Waals surface area contributed by atoms with Gasteiger partial charge in [-0.2, -0.15) is 0 Å². The quantitative estimate of drug-likeness (QED) is 0.0477. The molecular formula is C42H82S6. The molecule has 0 N–H and O–H groups in total. The van der Waals surface area contributed by atoms with Crippen LogP contribution >= 0.6 is 62.8 Å². The second-order valence-electron chi connectivity index (χ2n) is 15.1. The molecule has 0 aromatic rings. The lowest BCUT2D eigenvalue weighted by atomic mass is 9.92. The number of hydrogen-bond acceptors (Lipinski definition) is 6. The Morgan fingerprint density at radius 2 is 0.792 bits per heavy atom. The Hall–Kier alpha value is 1.58. The van der Waals surface area contributed by atoms with Gasteiger partial charge in [-0.05, 0) is 134 Å². The SMILES string of the molecule is CCC/C=C(/C)CCC(SSSC(CCC(C)C(CCC)SSSC(CCC)C(C)CC/C=C(/C)CCC)C(C)CCC)C(C)CCC. The van der Waals surface area contributed by atoms with Crippen molar-refractivity contribution in [2.75, 3.05) is 0 Å². The van der Waals surface area contributed by atoms with E-state index in [9.17, 15) is 0 Å². The number of hydrogen-bond donors (Lipinski definition) is 0. The van der Waals surface area contributed by atoms with Crippen LogP contribution in [-0.4, -0.2) is 21.0 Å². The van der Waals surface area contributed by atoms with Gasteiger partial charge >= 0.3 is 0 Å². The molecule has 0 nitrogen and oxygen atoms in total. The minimum Gasteiger partial charge on any atom is -0.0856 e. The Morgan fingerprint density at radius 1 is 0.396 bits per heavy atom. The van der Waals surface area contributed by atoms with Crippen molar-refractivity contribution in [2.24, 2.45) is 23.7 Å². The third kappa shape index (κ3) is 24.8. The minimum atomic E-state index is 0.759. The lowest BCUT2D eigenvalue weighted by Crippen LogP contribution is -2.19. The molecule has 0 radical (unpaired) electrons. The molecule has 8 unspecified atom stereocenters. The van der Waals surface area contributed by atoms with Gasteiger partial charge in [-0.15, -0.1) is 0 Å². The molecule has 0 spiro atoms. The van der Waals surface area contributed by atoms with E-state index in [2.05, 4.69) is 158 Å². The van der Waals surface area contributed by atoms with Crippen LogP contribution in [0, 0.1) is 23.7 Å². The zero-order valence-electron chi connectivity index (χ0n) is 34.0. The van der Waals surface area contributed by atoms with Gasteiger partial charge in [-0.1, -0.05) is 174 Å². The van der Waals surface area contributed by atoms with E-state index >= 15 is 0 Å². The van der Waals surface area contributed by atoms with E-state index in [4.69, 9.17) is 0 Å². The van der Waals surface area contributed by atoms with Crippen LogP contribution in [0.3, 0.4) is 0 Å². The molecule has 0 aromatic carbocycles. The molecular weight excluding hydrogens is 697 g/mol. The lowest BCUT2D eigenvalue weighted by molar-refractivity contribution is 0.419. The lowest BCUT2D eigenvalue weighted by Gasteiger charge is -2.29. The van der Waals surface area contributed by atoms with Crippen molar-refractivity contribution >= 4 is 62.8 Å². The smallest absolute Gasteiger partial charge is 0.0188 e. The summed E-state index contributed by atoms with van der Waals surface area (Å²) in [6.07, 6.45) is 28.6. The van der Waals surface area contributed by atoms with Crippen LogP contribution in [0.1, 0.15) is 199 Å². The van der Waals surface area contributed by atoms with Crippen molar-refractivity contribution in [3.05, 3.63) is 23.3 Å². The largest absolute Gasteiger partial charge is 0.0856 e. The highest BCUT2D eigenvalue weighted by atomic mass is 33.5. The van der Waals surface area contributed by atoms with E-state index < -0.39 is 0 Å². The first-order valence-electron chi connectivity index (χ1n) is 20.4. The van der Waals surface area contributed by atoms with Gasteiger partial charge in [0.05, 0.1) is 0 Å². The van der Waals surface area contributed by atoms with Crippen LogP contribution in [0.2, 0.25) is 0 Å². The summed E-state index contributed by atoms with van der Waals surface area (Å²) in [5.41, 5.74) is 3.18. The first-order chi connectivity index (χ1) is 23.1. The van der Waals surface area contributed by atoms with Gasteiger partial charge in [0.2, 0.25) is 0 Å². The summed E-state index contributed by atoms with van der Waals surface area (Å²) in [4.78, 5) is 0. The van der Waals surface area contributed by atoms with Crippen LogP contribution < -0.4 is 0 Å². The number of allylic oxidation sites excluding steroid dienone is 4. The highest BCUT2D eigenvalue weighted by molar-refractivity contribution is 9.10. The van der Waals surface area contributed by atoms with Gasteiger partial charge < -0.3 is 0 Å². The van der Waals surface area contributed by atoms with Gasteiger partial charge in [0.1, 0.15) is 0 Å². The maximum atomic E-state index is 2.57. The van der Waals surface area contributed by atoms with Gasteiger partial charge in [0.15, 0.2) is 0 Å². The van der Waals surface area contributed by atoms with Crippen molar-refractivity contribution in [1.82, 2.24) is 0 Å². The summed E-state index contributed by atoms with van der Waals surface area (Å²) in [6.45, 7) is 28.9. The molecule has 0 aromatic heterocycles. The summed E-state index contributed by atoms with van der Waals surface area (Å²) in [5.74, 6) is 3.16. The molecule has 0 bridgehead atoms. The normalized spacial score (nSPS) is 17.9. The topological polar surface area (TPSA) is 0 Å².